The van der Waals surface area contributed by atoms with Crippen LogP contribution in [0.4, 0.5) is 0 Å². The molecule has 0 saturated heterocycles. The first kappa shape index (κ1) is 30.2. The number of hydrogen-bond donors (Lipinski definition) is 0. The van der Waals surface area contributed by atoms with Crippen LogP contribution in [0.3, 0.4) is 0 Å². The zero-order valence-electron chi connectivity index (χ0n) is 23.0. The van der Waals surface area contributed by atoms with Crippen LogP contribution in [0, 0.1) is 0 Å². The van der Waals surface area contributed by atoms with Gasteiger partial charge in [-0.3, -0.25) is 4.79 Å². The Balaban J connectivity index is 0. The molecule has 3 heteroatoms. The number of hydrogen-bond acceptors (Lipinski definition) is 2. The number of esters is 1. The first-order valence-electron chi connectivity index (χ1n) is 13.2. The zero-order valence-corrected chi connectivity index (χ0v) is 23.2. The Hall–Kier alpha value is -0.830. The average molecular weight is 479 g/mol. The number of unbranched alkanes of at least 4 members (excludes halogenated alkanes) is 14. The first-order chi connectivity index (χ1) is 15.8. The Morgan fingerprint density at radius 2 is 1.03 bits per heavy atom. The van der Waals surface area contributed by atoms with Crippen molar-refractivity contribution in [3.8, 4) is 16.9 Å². The van der Waals surface area contributed by atoms with Gasteiger partial charge in [0.25, 0.3) is 0 Å². The molecule has 2 aromatic rings. The summed E-state index contributed by atoms with van der Waals surface area (Å²) in [5.41, 5.74) is 2.30. The quantitative estimate of drug-likeness (QED) is 0.0923. The fourth-order valence-electron chi connectivity index (χ4n) is 4.17. The standard InChI is InChI=1S/C30H44O2.Ca.2H/c1-2-3-4-5-6-7-8-9-10-11-12-13-14-15-19-22-30(31)32-29-25-23-28(24-26-29)27-20-17-16-18-21-27;;;/h16-18,20-21,23-26H,2-15,19,22H2,1H3;;;/q;+2;2*-1. The minimum Gasteiger partial charge on any atom is -1.00 e. The molecule has 2 rings (SSSR count). The van der Waals surface area contributed by atoms with Crippen LogP contribution in [0.25, 0.3) is 11.1 Å². The van der Waals surface area contributed by atoms with Gasteiger partial charge in [0, 0.05) is 6.42 Å². The van der Waals surface area contributed by atoms with Gasteiger partial charge in [0.2, 0.25) is 0 Å². The van der Waals surface area contributed by atoms with Gasteiger partial charge in [-0.25, -0.2) is 0 Å². The zero-order chi connectivity index (χ0) is 22.7. The number of rotatable bonds is 18. The summed E-state index contributed by atoms with van der Waals surface area (Å²) in [6, 6.07) is 18.0. The SMILES string of the molecule is CCCCCCCCCCCCCCCCCC(=O)Oc1ccc(-c2ccccc2)cc1.[Ca+2].[H-].[H-]. The maximum Gasteiger partial charge on any atom is 2.00 e. The summed E-state index contributed by atoms with van der Waals surface area (Å²) in [7, 11) is 0. The molecule has 0 bridgehead atoms. The summed E-state index contributed by atoms with van der Waals surface area (Å²) in [4.78, 5) is 12.1. The minimum absolute atomic E-state index is 0. The fraction of sp³-hybridized carbons (Fsp3) is 0.567. The van der Waals surface area contributed by atoms with E-state index in [9.17, 15) is 4.79 Å². The second-order valence-electron chi connectivity index (χ2n) is 9.06. The predicted octanol–water partition coefficient (Wildman–Crippen LogP) is 9.36. The molecule has 0 radical (unpaired) electrons. The fourth-order valence-corrected chi connectivity index (χ4v) is 4.17. The van der Waals surface area contributed by atoms with Gasteiger partial charge in [-0.15, -0.1) is 0 Å². The molecule has 0 fully saturated rings. The van der Waals surface area contributed by atoms with Crippen molar-refractivity contribution in [3.05, 3.63) is 54.6 Å². The number of carbonyl (C=O) groups excluding carboxylic acids is 1. The Labute approximate surface area is 235 Å². The molecule has 0 amide bonds. The molecule has 2 aromatic carbocycles. The Bertz CT molecular complexity index is 723. The molecule has 0 aromatic heterocycles. The third-order valence-corrected chi connectivity index (χ3v) is 6.18. The van der Waals surface area contributed by atoms with E-state index < -0.39 is 0 Å². The van der Waals surface area contributed by atoms with Crippen molar-refractivity contribution in [2.45, 2.75) is 110 Å². The van der Waals surface area contributed by atoms with E-state index in [2.05, 4.69) is 19.1 Å². The molecule has 0 aliphatic carbocycles. The molecule has 0 unspecified atom stereocenters. The van der Waals surface area contributed by atoms with E-state index in [1.165, 1.54) is 89.0 Å². The van der Waals surface area contributed by atoms with Crippen LogP contribution in [-0.4, -0.2) is 43.7 Å². The normalized spacial score (nSPS) is 10.6. The van der Waals surface area contributed by atoms with Crippen LogP contribution < -0.4 is 4.74 Å². The van der Waals surface area contributed by atoms with E-state index in [0.29, 0.717) is 12.2 Å². The van der Waals surface area contributed by atoms with Crippen LogP contribution in [0.2, 0.25) is 0 Å². The Morgan fingerprint density at radius 3 is 1.52 bits per heavy atom. The summed E-state index contributed by atoms with van der Waals surface area (Å²) in [5.74, 6) is 0.516. The second kappa shape index (κ2) is 20.5. The molecule has 0 aliphatic heterocycles. The molecule has 33 heavy (non-hydrogen) atoms. The Kier molecular flexibility index (Phi) is 18.8. The van der Waals surface area contributed by atoms with Crippen LogP contribution in [-0.2, 0) is 4.79 Å². The number of benzene rings is 2. The third-order valence-electron chi connectivity index (χ3n) is 6.18. The van der Waals surface area contributed by atoms with Gasteiger partial charge in [0.1, 0.15) is 5.75 Å². The van der Waals surface area contributed by atoms with Crippen molar-refractivity contribution >= 4 is 43.7 Å². The predicted molar refractivity (Wildman–Crippen MR) is 145 cm³/mol. The van der Waals surface area contributed by atoms with Crippen molar-refractivity contribution in [1.82, 2.24) is 0 Å². The maximum absolute atomic E-state index is 12.1. The first-order valence-corrected chi connectivity index (χ1v) is 13.2. The molecule has 0 N–H and O–H groups in total. The minimum atomic E-state index is -0.118. The van der Waals surface area contributed by atoms with Crippen LogP contribution >= 0.6 is 0 Å². The van der Waals surface area contributed by atoms with E-state index in [1.807, 2.05) is 42.5 Å². The van der Waals surface area contributed by atoms with Crippen LogP contribution in [0.1, 0.15) is 113 Å². The average Bonchev–Trinajstić information content (AvgIpc) is 2.82. The molecule has 0 saturated carbocycles. The van der Waals surface area contributed by atoms with Crippen molar-refractivity contribution in [1.29, 1.82) is 0 Å². The van der Waals surface area contributed by atoms with Crippen molar-refractivity contribution < 1.29 is 12.4 Å². The van der Waals surface area contributed by atoms with Crippen molar-refractivity contribution in [3.63, 3.8) is 0 Å². The van der Waals surface area contributed by atoms with E-state index in [-0.39, 0.29) is 46.6 Å². The van der Waals surface area contributed by atoms with Gasteiger partial charge in [0.15, 0.2) is 0 Å². The van der Waals surface area contributed by atoms with E-state index >= 15 is 0 Å². The number of carbonyl (C=O) groups is 1. The van der Waals surface area contributed by atoms with Gasteiger partial charge in [-0.05, 0) is 29.7 Å². The van der Waals surface area contributed by atoms with Gasteiger partial charge in [-0.1, -0.05) is 139 Å². The molecular weight excluding hydrogens is 432 g/mol. The Morgan fingerprint density at radius 1 is 0.606 bits per heavy atom. The van der Waals surface area contributed by atoms with Gasteiger partial charge in [-0.2, -0.15) is 0 Å². The molecule has 0 spiro atoms. The van der Waals surface area contributed by atoms with Gasteiger partial charge in [0.05, 0.1) is 0 Å². The van der Waals surface area contributed by atoms with Crippen molar-refractivity contribution in [2.24, 2.45) is 0 Å². The van der Waals surface area contributed by atoms with Gasteiger partial charge < -0.3 is 7.59 Å². The molecule has 0 atom stereocenters. The maximum atomic E-state index is 12.1. The smallest absolute Gasteiger partial charge is 1.00 e. The topological polar surface area (TPSA) is 26.3 Å². The summed E-state index contributed by atoms with van der Waals surface area (Å²) in [6.45, 7) is 2.28. The van der Waals surface area contributed by atoms with Gasteiger partial charge >= 0.3 is 43.7 Å². The van der Waals surface area contributed by atoms with Crippen molar-refractivity contribution in [2.75, 3.05) is 0 Å². The van der Waals surface area contributed by atoms with E-state index in [1.54, 1.807) is 0 Å². The summed E-state index contributed by atoms with van der Waals surface area (Å²) >= 11 is 0. The summed E-state index contributed by atoms with van der Waals surface area (Å²) in [6.07, 6.45) is 20.5. The summed E-state index contributed by atoms with van der Waals surface area (Å²) in [5, 5.41) is 0. The molecular formula is C30H46CaO2. The van der Waals surface area contributed by atoms with E-state index in [4.69, 9.17) is 4.74 Å². The third kappa shape index (κ3) is 14.9. The molecule has 180 valence electrons. The van der Waals surface area contributed by atoms with Crippen LogP contribution in [0.15, 0.2) is 54.6 Å². The second-order valence-corrected chi connectivity index (χ2v) is 9.06. The van der Waals surface area contributed by atoms with E-state index in [0.717, 1.165) is 18.4 Å². The summed E-state index contributed by atoms with van der Waals surface area (Å²) < 4.78 is 5.49. The molecule has 0 heterocycles. The molecule has 0 aliphatic rings. The number of ether oxygens (including phenoxy) is 1. The monoisotopic (exact) mass is 478 g/mol. The van der Waals surface area contributed by atoms with Crippen LogP contribution in [0.5, 0.6) is 5.75 Å². The largest absolute Gasteiger partial charge is 2.00 e. The molecule has 2 nitrogen and oxygen atoms in total.